The summed E-state index contributed by atoms with van der Waals surface area (Å²) in [5.41, 5.74) is 0. The highest BCUT2D eigenvalue weighted by molar-refractivity contribution is 5.69. The van der Waals surface area contributed by atoms with Gasteiger partial charge in [-0.3, -0.25) is 4.79 Å². The van der Waals surface area contributed by atoms with Crippen LogP contribution in [-0.4, -0.2) is 89.6 Å². The molecule has 58 heavy (non-hydrogen) atoms. The summed E-state index contributed by atoms with van der Waals surface area (Å²) < 4.78 is 22.9. The third-order valence-electron chi connectivity index (χ3n) is 11.4. The molecule has 0 amide bonds. The van der Waals surface area contributed by atoms with Crippen LogP contribution >= 0.6 is 0 Å². The molecule has 4 N–H and O–H groups in total. The van der Waals surface area contributed by atoms with Crippen LogP contribution in [0.3, 0.4) is 0 Å². The fraction of sp³-hybridized carbons (Fsp3) is 0.898. The second-order valence-electron chi connectivity index (χ2n) is 16.9. The Bertz CT molecular complexity index is 941. The molecule has 6 atom stereocenters. The van der Waals surface area contributed by atoms with Gasteiger partial charge in [0, 0.05) is 13.0 Å². The molecule has 1 aliphatic rings. The predicted molar refractivity (Wildman–Crippen MR) is 238 cm³/mol. The number of aliphatic hydroxyl groups excluding tert-OH is 4. The van der Waals surface area contributed by atoms with E-state index < -0.39 is 43.4 Å². The van der Waals surface area contributed by atoms with Gasteiger partial charge >= 0.3 is 5.97 Å². The summed E-state index contributed by atoms with van der Waals surface area (Å²) in [7, 11) is 0. The maximum absolute atomic E-state index is 12.8. The first-order valence-electron chi connectivity index (χ1n) is 24.4. The summed E-state index contributed by atoms with van der Waals surface area (Å²) in [4.78, 5) is 12.8. The third-order valence-corrected chi connectivity index (χ3v) is 11.4. The third kappa shape index (κ3) is 31.5. The molecule has 0 spiro atoms. The number of esters is 1. The molecule has 1 fully saturated rings. The number of carbonyl (C=O) groups is 1. The van der Waals surface area contributed by atoms with E-state index in [1.165, 1.54) is 161 Å². The van der Waals surface area contributed by atoms with Crippen molar-refractivity contribution in [3.63, 3.8) is 0 Å². The molecule has 1 aliphatic heterocycles. The minimum absolute atomic E-state index is 0.110. The van der Waals surface area contributed by atoms with Crippen LogP contribution in [0.4, 0.5) is 0 Å². The van der Waals surface area contributed by atoms with Gasteiger partial charge in [-0.2, -0.15) is 0 Å². The number of allylic oxidation sites excluding steroid dienone is 4. The topological polar surface area (TPSA) is 135 Å². The highest BCUT2D eigenvalue weighted by Gasteiger charge is 2.44. The van der Waals surface area contributed by atoms with Crippen LogP contribution in [0.2, 0.25) is 0 Å². The highest BCUT2D eigenvalue weighted by atomic mass is 16.7. The number of unbranched alkanes of at least 4 members (excludes halogenated alkanes) is 27. The summed E-state index contributed by atoms with van der Waals surface area (Å²) in [6, 6.07) is 0. The van der Waals surface area contributed by atoms with Crippen molar-refractivity contribution in [2.75, 3.05) is 26.4 Å². The molecule has 342 valence electrons. The first-order chi connectivity index (χ1) is 28.4. The van der Waals surface area contributed by atoms with Crippen molar-refractivity contribution in [2.45, 2.75) is 256 Å². The van der Waals surface area contributed by atoms with E-state index in [2.05, 4.69) is 38.2 Å². The minimum atomic E-state index is -1.53. The first-order valence-corrected chi connectivity index (χ1v) is 24.4. The Balaban J connectivity index is 2.21. The van der Waals surface area contributed by atoms with Crippen LogP contribution in [0.25, 0.3) is 0 Å². The number of aliphatic hydroxyl groups is 4. The Morgan fingerprint density at radius 3 is 1.52 bits per heavy atom. The maximum atomic E-state index is 12.8. The van der Waals surface area contributed by atoms with E-state index in [9.17, 15) is 25.2 Å². The summed E-state index contributed by atoms with van der Waals surface area (Å²) in [6.07, 6.45) is 40.6. The predicted octanol–water partition coefficient (Wildman–Crippen LogP) is 11.4. The molecular weight excluding hydrogens is 733 g/mol. The molecule has 6 unspecified atom stereocenters. The molecule has 0 bridgehead atoms. The van der Waals surface area contributed by atoms with Gasteiger partial charge in [-0.15, -0.1) is 0 Å². The zero-order chi connectivity index (χ0) is 42.2. The molecule has 0 radical (unpaired) electrons. The molecule has 0 aliphatic carbocycles. The monoisotopic (exact) mass is 825 g/mol. The van der Waals surface area contributed by atoms with Crippen molar-refractivity contribution in [3.05, 3.63) is 24.3 Å². The lowest BCUT2D eigenvalue weighted by Gasteiger charge is -2.39. The van der Waals surface area contributed by atoms with Crippen LogP contribution in [0.15, 0.2) is 24.3 Å². The Morgan fingerprint density at radius 2 is 1.00 bits per heavy atom. The lowest BCUT2D eigenvalue weighted by Crippen LogP contribution is -2.59. The second kappa shape index (κ2) is 41.0. The first kappa shape index (κ1) is 54.7. The fourth-order valence-corrected chi connectivity index (χ4v) is 7.52. The van der Waals surface area contributed by atoms with E-state index in [0.29, 0.717) is 13.0 Å². The van der Waals surface area contributed by atoms with Gasteiger partial charge in [-0.05, 0) is 44.9 Å². The van der Waals surface area contributed by atoms with Gasteiger partial charge in [-0.1, -0.05) is 192 Å². The van der Waals surface area contributed by atoms with Crippen LogP contribution in [0.1, 0.15) is 219 Å². The normalized spacial score (nSPS) is 20.4. The zero-order valence-electron chi connectivity index (χ0n) is 37.6. The quantitative estimate of drug-likeness (QED) is 0.0269. The van der Waals surface area contributed by atoms with Crippen molar-refractivity contribution in [3.8, 4) is 0 Å². The number of ether oxygens (including phenoxy) is 4. The van der Waals surface area contributed by atoms with E-state index in [4.69, 9.17) is 18.9 Å². The maximum Gasteiger partial charge on any atom is 0.306 e. The number of hydrogen-bond acceptors (Lipinski definition) is 9. The molecule has 1 saturated heterocycles. The summed E-state index contributed by atoms with van der Waals surface area (Å²) in [5.74, 6) is -0.311. The molecule has 9 nitrogen and oxygen atoms in total. The van der Waals surface area contributed by atoms with E-state index in [1.807, 2.05) is 0 Å². The second-order valence-corrected chi connectivity index (χ2v) is 16.9. The average molecular weight is 825 g/mol. The van der Waals surface area contributed by atoms with Crippen LogP contribution in [0, 0.1) is 0 Å². The van der Waals surface area contributed by atoms with E-state index in [0.717, 1.165) is 38.5 Å². The molecule has 1 rings (SSSR count). The molecule has 0 aromatic carbocycles. The Labute approximate surface area is 356 Å². The van der Waals surface area contributed by atoms with Gasteiger partial charge < -0.3 is 39.4 Å². The van der Waals surface area contributed by atoms with E-state index in [-0.39, 0.29) is 19.2 Å². The van der Waals surface area contributed by atoms with Gasteiger partial charge in [0.15, 0.2) is 6.29 Å². The Morgan fingerprint density at radius 1 is 0.552 bits per heavy atom. The SMILES string of the molecule is CCCCC/C=C\C/C=C\CCCCCCCCCCCCOCC(COC1OC(CO)C(O)C(O)C1O)OC(=O)CCCCCCCCCCCCCCCCC. The van der Waals surface area contributed by atoms with Crippen molar-refractivity contribution in [1.29, 1.82) is 0 Å². The fourth-order valence-electron chi connectivity index (χ4n) is 7.52. The van der Waals surface area contributed by atoms with Gasteiger partial charge in [-0.25, -0.2) is 0 Å². The summed E-state index contributed by atoms with van der Waals surface area (Å²) in [6.45, 7) is 4.56. The zero-order valence-corrected chi connectivity index (χ0v) is 37.6. The van der Waals surface area contributed by atoms with Gasteiger partial charge in [0.1, 0.15) is 30.5 Å². The van der Waals surface area contributed by atoms with Crippen molar-refractivity contribution >= 4 is 5.97 Å². The van der Waals surface area contributed by atoms with Crippen LogP contribution < -0.4 is 0 Å². The molecular formula is C49H92O9. The molecule has 1 heterocycles. The Hall–Kier alpha value is -1.33. The average Bonchev–Trinajstić information content (AvgIpc) is 3.22. The Kier molecular flexibility index (Phi) is 38.7. The highest BCUT2D eigenvalue weighted by Crippen LogP contribution is 2.23. The van der Waals surface area contributed by atoms with Crippen molar-refractivity contribution in [1.82, 2.24) is 0 Å². The number of rotatable bonds is 42. The van der Waals surface area contributed by atoms with E-state index in [1.54, 1.807) is 0 Å². The van der Waals surface area contributed by atoms with Gasteiger partial charge in [0.25, 0.3) is 0 Å². The number of hydrogen-bond donors (Lipinski definition) is 4. The number of carbonyl (C=O) groups excluding carboxylic acids is 1. The largest absolute Gasteiger partial charge is 0.457 e. The lowest BCUT2D eigenvalue weighted by molar-refractivity contribution is -0.305. The molecule has 0 aromatic rings. The lowest BCUT2D eigenvalue weighted by atomic mass is 9.99. The standard InChI is InChI=1S/C49H92O9/c1-3-5-7-9-11-13-15-17-19-20-21-22-23-25-27-29-31-33-35-37-39-55-41-43(42-56-49-48(54)47(53)46(52)44(40-50)58-49)57-45(51)38-36-34-32-30-28-26-24-18-16-14-12-10-8-6-4-2/h11,13,17,19,43-44,46-50,52-54H,3-10,12,14-16,18,20-42H2,1-2H3/b13-11-,19-17-. The minimum Gasteiger partial charge on any atom is -0.457 e. The van der Waals surface area contributed by atoms with Gasteiger partial charge in [0.2, 0.25) is 0 Å². The van der Waals surface area contributed by atoms with Crippen molar-refractivity contribution < 1.29 is 44.2 Å². The molecule has 0 aromatic heterocycles. The van der Waals surface area contributed by atoms with Gasteiger partial charge in [0.05, 0.1) is 19.8 Å². The summed E-state index contributed by atoms with van der Waals surface area (Å²) >= 11 is 0. The molecule has 9 heteroatoms. The van der Waals surface area contributed by atoms with Crippen LogP contribution in [0.5, 0.6) is 0 Å². The molecule has 0 saturated carbocycles. The van der Waals surface area contributed by atoms with Crippen molar-refractivity contribution in [2.24, 2.45) is 0 Å². The van der Waals surface area contributed by atoms with E-state index >= 15 is 0 Å². The smallest absolute Gasteiger partial charge is 0.306 e. The summed E-state index contributed by atoms with van der Waals surface area (Å²) in [5, 5.41) is 40.2. The van der Waals surface area contributed by atoms with Crippen LogP contribution in [-0.2, 0) is 23.7 Å².